The summed E-state index contributed by atoms with van der Waals surface area (Å²) in [6, 6.07) is 0.00717. The van der Waals surface area contributed by atoms with Crippen molar-refractivity contribution in [1.82, 2.24) is 10.2 Å². The maximum atomic E-state index is 12.2. The van der Waals surface area contributed by atoms with Gasteiger partial charge in [-0.15, -0.1) is 0 Å². The van der Waals surface area contributed by atoms with Crippen molar-refractivity contribution in [3.05, 3.63) is 12.2 Å². The van der Waals surface area contributed by atoms with Gasteiger partial charge < -0.3 is 14.8 Å². The van der Waals surface area contributed by atoms with Crippen molar-refractivity contribution in [2.24, 2.45) is 0 Å². The number of amides is 3. The summed E-state index contributed by atoms with van der Waals surface area (Å²) in [4.78, 5) is 46.9. The predicted octanol–water partition coefficient (Wildman–Crippen LogP) is 2.53. The Morgan fingerprint density at radius 1 is 1.18 bits per heavy atom. The smallest absolute Gasteiger partial charge is 0.253 e. The molecule has 0 bridgehead atoms. The Labute approximate surface area is 167 Å². The lowest BCUT2D eigenvalue weighted by Crippen LogP contribution is -2.39. The number of carbonyl (C=O) groups excluding carboxylic acids is 4. The first-order valence-electron chi connectivity index (χ1n) is 10.1. The molecule has 1 N–H and O–H groups in total. The van der Waals surface area contributed by atoms with Crippen molar-refractivity contribution in [3.63, 3.8) is 0 Å². The molecule has 0 saturated heterocycles. The van der Waals surface area contributed by atoms with E-state index in [1.807, 2.05) is 27.7 Å². The van der Waals surface area contributed by atoms with E-state index in [0.717, 1.165) is 43.3 Å². The third-order valence-electron chi connectivity index (χ3n) is 4.53. The minimum atomic E-state index is -0.373. The number of nitrogens with one attached hydrogen (secondary N) is 1. The van der Waals surface area contributed by atoms with E-state index in [1.54, 1.807) is 0 Å². The number of carbonyl (C=O) groups is 4. The van der Waals surface area contributed by atoms with Crippen LogP contribution in [0.5, 0.6) is 0 Å². The van der Waals surface area contributed by atoms with E-state index >= 15 is 0 Å². The van der Waals surface area contributed by atoms with Crippen LogP contribution >= 0.6 is 0 Å². The molecule has 1 heterocycles. The molecule has 1 aliphatic heterocycles. The summed E-state index contributed by atoms with van der Waals surface area (Å²) in [6.45, 7) is 8.13. The fourth-order valence-electron chi connectivity index (χ4n) is 3.12. The summed E-state index contributed by atoms with van der Waals surface area (Å²) < 4.78 is 6.11. The van der Waals surface area contributed by atoms with Crippen LogP contribution in [0.15, 0.2) is 12.2 Å². The topological polar surface area (TPSA) is 92.8 Å². The van der Waals surface area contributed by atoms with Crippen LogP contribution in [-0.2, 0) is 23.9 Å². The summed E-state index contributed by atoms with van der Waals surface area (Å²) in [6.07, 6.45) is 7.97. The number of hydrogen-bond acceptors (Lipinski definition) is 5. The third-order valence-corrected chi connectivity index (χ3v) is 4.53. The normalized spacial score (nSPS) is 16.4. The van der Waals surface area contributed by atoms with Crippen LogP contribution in [0.3, 0.4) is 0 Å². The van der Waals surface area contributed by atoms with E-state index in [-0.39, 0.29) is 48.4 Å². The molecule has 1 aliphatic rings. The van der Waals surface area contributed by atoms with Gasteiger partial charge in [-0.3, -0.25) is 19.3 Å². The summed E-state index contributed by atoms with van der Waals surface area (Å²) >= 11 is 0. The van der Waals surface area contributed by atoms with Gasteiger partial charge in [0.2, 0.25) is 5.91 Å². The van der Waals surface area contributed by atoms with Crippen LogP contribution in [0.2, 0.25) is 0 Å². The number of imide groups is 1. The Kier molecular flexibility index (Phi) is 10.1. The first-order chi connectivity index (χ1) is 13.2. The zero-order chi connectivity index (χ0) is 21.2. The van der Waals surface area contributed by atoms with Crippen molar-refractivity contribution in [2.75, 3.05) is 6.54 Å². The highest BCUT2D eigenvalue weighted by atomic mass is 16.5. The molecule has 0 aromatic rings. The van der Waals surface area contributed by atoms with E-state index in [4.69, 9.17) is 4.74 Å². The number of aldehydes is 1. The van der Waals surface area contributed by atoms with Gasteiger partial charge in [0.1, 0.15) is 6.29 Å². The summed E-state index contributed by atoms with van der Waals surface area (Å²) in [5.74, 6) is -0.918. The third kappa shape index (κ3) is 9.26. The molecule has 0 aromatic heterocycles. The van der Waals surface area contributed by atoms with Crippen molar-refractivity contribution < 1.29 is 23.9 Å². The van der Waals surface area contributed by atoms with Gasteiger partial charge in [0.25, 0.3) is 11.8 Å². The lowest BCUT2D eigenvalue weighted by Gasteiger charge is -2.29. The Hall–Kier alpha value is -2.02. The van der Waals surface area contributed by atoms with Crippen LogP contribution in [0.4, 0.5) is 0 Å². The molecule has 2 atom stereocenters. The predicted molar refractivity (Wildman–Crippen MR) is 106 cm³/mol. The van der Waals surface area contributed by atoms with E-state index in [9.17, 15) is 19.2 Å². The highest BCUT2D eigenvalue weighted by Crippen LogP contribution is 2.20. The second kappa shape index (κ2) is 11.7. The van der Waals surface area contributed by atoms with E-state index < -0.39 is 0 Å². The standard InChI is InChI=1S/C21H34N2O5/c1-5-16(9-10-17(8-6-7-15-24)28-21(2,3)4)22-18(25)13-14-23-19(26)11-12-20(23)27/h11-12,15-17H,5-10,13-14H2,1-4H3,(H,22,25). The number of hydrogen-bond donors (Lipinski definition) is 1. The van der Waals surface area contributed by atoms with Crippen LogP contribution in [0, 0.1) is 0 Å². The SMILES string of the molecule is CCC(CCC(CCCC=O)OC(C)(C)C)NC(=O)CCN1C(=O)C=CC1=O. The molecule has 7 heteroatoms. The van der Waals surface area contributed by atoms with Gasteiger partial charge in [0, 0.05) is 37.6 Å². The molecule has 0 saturated carbocycles. The van der Waals surface area contributed by atoms with Gasteiger partial charge in [-0.2, -0.15) is 0 Å². The fraction of sp³-hybridized carbons (Fsp3) is 0.714. The Morgan fingerprint density at radius 3 is 2.36 bits per heavy atom. The Morgan fingerprint density at radius 2 is 1.82 bits per heavy atom. The molecule has 2 unspecified atom stereocenters. The molecule has 1 rings (SSSR count). The highest BCUT2D eigenvalue weighted by molar-refractivity contribution is 6.13. The van der Waals surface area contributed by atoms with Crippen molar-refractivity contribution in [2.45, 2.75) is 90.4 Å². The van der Waals surface area contributed by atoms with E-state index in [1.165, 1.54) is 12.2 Å². The Balaban J connectivity index is 2.44. The van der Waals surface area contributed by atoms with Crippen molar-refractivity contribution in [1.29, 1.82) is 0 Å². The molecule has 158 valence electrons. The monoisotopic (exact) mass is 394 g/mol. The van der Waals surface area contributed by atoms with Gasteiger partial charge in [0.05, 0.1) is 11.7 Å². The molecule has 0 fully saturated rings. The van der Waals surface area contributed by atoms with Crippen LogP contribution in [-0.4, -0.2) is 53.2 Å². The van der Waals surface area contributed by atoms with Gasteiger partial charge in [-0.1, -0.05) is 6.92 Å². The second-order valence-corrected chi connectivity index (χ2v) is 8.11. The number of unbranched alkanes of at least 4 members (excludes halogenated alkanes) is 1. The fourth-order valence-corrected chi connectivity index (χ4v) is 3.12. The molecule has 28 heavy (non-hydrogen) atoms. The first-order valence-corrected chi connectivity index (χ1v) is 10.1. The molecule has 0 spiro atoms. The minimum absolute atomic E-state index is 0.00717. The lowest BCUT2D eigenvalue weighted by molar-refractivity contribution is -0.137. The van der Waals surface area contributed by atoms with Gasteiger partial charge >= 0.3 is 0 Å². The Bertz CT molecular complexity index is 562. The van der Waals surface area contributed by atoms with Crippen molar-refractivity contribution >= 4 is 24.0 Å². The average molecular weight is 395 g/mol. The molecular weight excluding hydrogens is 360 g/mol. The maximum Gasteiger partial charge on any atom is 0.253 e. The zero-order valence-electron chi connectivity index (χ0n) is 17.5. The first kappa shape index (κ1) is 24.0. The van der Waals surface area contributed by atoms with Crippen LogP contribution < -0.4 is 5.32 Å². The van der Waals surface area contributed by atoms with Gasteiger partial charge in [-0.05, 0) is 52.9 Å². The van der Waals surface area contributed by atoms with Gasteiger partial charge in [-0.25, -0.2) is 0 Å². The number of ether oxygens (including phenoxy) is 1. The second-order valence-electron chi connectivity index (χ2n) is 8.11. The molecule has 0 radical (unpaired) electrons. The highest BCUT2D eigenvalue weighted by Gasteiger charge is 2.24. The van der Waals surface area contributed by atoms with Crippen LogP contribution in [0.1, 0.15) is 72.6 Å². The van der Waals surface area contributed by atoms with E-state index in [2.05, 4.69) is 5.32 Å². The van der Waals surface area contributed by atoms with Crippen LogP contribution in [0.25, 0.3) is 0 Å². The molecular formula is C21H34N2O5. The summed E-state index contributed by atoms with van der Waals surface area (Å²) in [7, 11) is 0. The molecule has 0 aliphatic carbocycles. The lowest BCUT2D eigenvalue weighted by atomic mass is 10.0. The maximum absolute atomic E-state index is 12.2. The average Bonchev–Trinajstić information content (AvgIpc) is 2.93. The molecule has 7 nitrogen and oxygen atoms in total. The largest absolute Gasteiger partial charge is 0.373 e. The van der Waals surface area contributed by atoms with E-state index in [0.29, 0.717) is 6.42 Å². The van der Waals surface area contributed by atoms with Crippen molar-refractivity contribution in [3.8, 4) is 0 Å². The number of rotatable bonds is 13. The zero-order valence-corrected chi connectivity index (χ0v) is 17.5. The summed E-state index contributed by atoms with van der Waals surface area (Å²) in [5.41, 5.74) is -0.264. The summed E-state index contributed by atoms with van der Waals surface area (Å²) in [5, 5.41) is 2.99. The number of nitrogens with zero attached hydrogens (tertiary/aromatic N) is 1. The quantitative estimate of drug-likeness (QED) is 0.294. The van der Waals surface area contributed by atoms with Gasteiger partial charge in [0.15, 0.2) is 0 Å². The minimum Gasteiger partial charge on any atom is -0.373 e. The molecule has 3 amide bonds. The molecule has 0 aromatic carbocycles.